The van der Waals surface area contributed by atoms with Crippen LogP contribution in [0.15, 0.2) is 0 Å². The van der Waals surface area contributed by atoms with Gasteiger partial charge in [0.25, 0.3) is 0 Å². The van der Waals surface area contributed by atoms with Crippen LogP contribution >= 0.6 is 0 Å². The lowest BCUT2D eigenvalue weighted by Gasteiger charge is -2.49. The van der Waals surface area contributed by atoms with E-state index >= 15 is 0 Å². The van der Waals surface area contributed by atoms with Crippen molar-refractivity contribution in [2.75, 3.05) is 19.6 Å². The lowest BCUT2D eigenvalue weighted by atomic mass is 9.53. The predicted octanol–water partition coefficient (Wildman–Crippen LogP) is 3.24. The number of fused-ring (bicyclic) bond motifs is 2. The van der Waals surface area contributed by atoms with E-state index in [2.05, 4.69) is 25.7 Å². The fraction of sp³-hybridized carbons (Fsp3) is 0.952. The minimum atomic E-state index is 0.0291. The van der Waals surface area contributed by atoms with E-state index in [0.29, 0.717) is 11.8 Å². The minimum Gasteiger partial charge on any atom is -0.462 e. The van der Waals surface area contributed by atoms with Crippen molar-refractivity contribution in [1.82, 2.24) is 4.90 Å². The number of carbonyl (C=O) groups is 1. The summed E-state index contributed by atoms with van der Waals surface area (Å²) in [6.07, 6.45) is 7.66. The Kier molecular flexibility index (Phi) is 3.61. The lowest BCUT2D eigenvalue weighted by Crippen LogP contribution is -2.54. The summed E-state index contributed by atoms with van der Waals surface area (Å²) in [6, 6.07) is 0. The second kappa shape index (κ2) is 5.45. The molecule has 0 aromatic heterocycles. The van der Waals surface area contributed by atoms with Gasteiger partial charge in [-0.05, 0) is 57.0 Å². The van der Waals surface area contributed by atoms with E-state index in [1.807, 2.05) is 0 Å². The van der Waals surface area contributed by atoms with Gasteiger partial charge in [-0.3, -0.25) is 4.79 Å². The topological polar surface area (TPSA) is 42.1 Å². The molecule has 4 heteroatoms. The Bertz CT molecular complexity index is 571. The summed E-state index contributed by atoms with van der Waals surface area (Å²) >= 11 is 0. The van der Waals surface area contributed by atoms with E-state index in [1.54, 1.807) is 0 Å². The summed E-state index contributed by atoms with van der Waals surface area (Å²) in [5, 5.41) is 0. The van der Waals surface area contributed by atoms with Crippen molar-refractivity contribution in [1.29, 1.82) is 0 Å². The molecule has 0 aromatic carbocycles. The number of likely N-dealkylation sites (tertiary alicyclic amines) is 1. The highest BCUT2D eigenvalue weighted by atomic mass is 16.6. The minimum absolute atomic E-state index is 0.0291. The summed E-state index contributed by atoms with van der Waals surface area (Å²) in [6.45, 7) is 10.3. The molecule has 0 unspecified atom stereocenters. The molecular formula is C21H33NO3. The molecule has 3 saturated heterocycles. The average molecular weight is 347 g/mol. The van der Waals surface area contributed by atoms with Crippen LogP contribution in [-0.4, -0.2) is 48.3 Å². The van der Waals surface area contributed by atoms with Crippen LogP contribution in [0.2, 0.25) is 0 Å². The standard InChI is InChI=1S/C21H33NO3/c1-13-6-9-22(10-7-13)12-15-17-16(24-19(15)23)11-20(3)8-4-5-14(2)21(20)18(17)25-21/h13-18H,4-12H2,1-3H3/t14-,15-,16+,17+,18-,20+,21-/m0/s1. The van der Waals surface area contributed by atoms with Crippen LogP contribution in [0, 0.1) is 29.1 Å². The maximum atomic E-state index is 12.7. The molecule has 5 fully saturated rings. The Morgan fingerprint density at radius 2 is 1.96 bits per heavy atom. The smallest absolute Gasteiger partial charge is 0.311 e. The normalized spacial score (nSPS) is 52.9. The Hall–Kier alpha value is -0.610. The monoisotopic (exact) mass is 347 g/mol. The highest BCUT2D eigenvalue weighted by Crippen LogP contribution is 2.70. The van der Waals surface area contributed by atoms with Gasteiger partial charge < -0.3 is 14.4 Å². The van der Waals surface area contributed by atoms with Gasteiger partial charge in [0.1, 0.15) is 11.7 Å². The fourth-order valence-corrected chi connectivity index (χ4v) is 6.97. The number of esters is 1. The molecule has 2 saturated carbocycles. The lowest BCUT2D eigenvalue weighted by molar-refractivity contribution is -0.146. The van der Waals surface area contributed by atoms with E-state index in [-0.39, 0.29) is 35.1 Å². The van der Waals surface area contributed by atoms with Crippen LogP contribution in [0.5, 0.6) is 0 Å². The van der Waals surface area contributed by atoms with E-state index < -0.39 is 0 Å². The molecule has 3 aliphatic heterocycles. The van der Waals surface area contributed by atoms with E-state index in [9.17, 15) is 4.79 Å². The van der Waals surface area contributed by atoms with E-state index in [0.717, 1.165) is 32.0 Å². The molecule has 0 bridgehead atoms. The number of nitrogens with zero attached hydrogens (tertiary/aromatic N) is 1. The number of hydrogen-bond donors (Lipinski definition) is 0. The first-order valence-corrected chi connectivity index (χ1v) is 10.6. The molecule has 1 spiro atoms. The average Bonchev–Trinajstić information content (AvgIpc) is 3.25. The van der Waals surface area contributed by atoms with Crippen LogP contribution in [0.25, 0.3) is 0 Å². The van der Waals surface area contributed by atoms with Crippen molar-refractivity contribution < 1.29 is 14.3 Å². The first-order chi connectivity index (χ1) is 11.9. The third-order valence-electron chi connectivity index (χ3n) is 8.53. The molecule has 140 valence electrons. The SMILES string of the molecule is CC1CCN(C[C@@H]2C(=O)O[C@@H]3C[C@@]4(C)CCC[C@H](C)[C@@]45O[C@H]5[C@H]23)CC1. The molecule has 7 atom stereocenters. The van der Waals surface area contributed by atoms with Gasteiger partial charge in [0.15, 0.2) is 0 Å². The number of ether oxygens (including phenoxy) is 2. The molecule has 5 aliphatic rings. The van der Waals surface area contributed by atoms with Gasteiger partial charge in [0, 0.05) is 17.9 Å². The highest BCUT2D eigenvalue weighted by molar-refractivity contribution is 5.76. The van der Waals surface area contributed by atoms with Crippen molar-refractivity contribution in [2.45, 2.75) is 77.1 Å². The summed E-state index contributed by atoms with van der Waals surface area (Å²) in [7, 11) is 0. The molecule has 0 amide bonds. The molecule has 3 heterocycles. The molecule has 0 N–H and O–H groups in total. The first-order valence-electron chi connectivity index (χ1n) is 10.6. The van der Waals surface area contributed by atoms with Gasteiger partial charge >= 0.3 is 5.97 Å². The molecule has 0 radical (unpaired) electrons. The molecule has 4 nitrogen and oxygen atoms in total. The van der Waals surface area contributed by atoms with Crippen molar-refractivity contribution in [3.05, 3.63) is 0 Å². The third kappa shape index (κ3) is 2.22. The number of rotatable bonds is 2. The number of piperidine rings is 1. The van der Waals surface area contributed by atoms with Crippen LogP contribution in [0.3, 0.4) is 0 Å². The summed E-state index contributed by atoms with van der Waals surface area (Å²) < 4.78 is 12.5. The highest BCUT2D eigenvalue weighted by Gasteiger charge is 2.78. The van der Waals surface area contributed by atoms with Gasteiger partial charge in [-0.15, -0.1) is 0 Å². The summed E-state index contributed by atoms with van der Waals surface area (Å²) in [5.74, 6) is 1.81. The van der Waals surface area contributed by atoms with Gasteiger partial charge in [-0.25, -0.2) is 0 Å². The van der Waals surface area contributed by atoms with Gasteiger partial charge in [-0.2, -0.15) is 0 Å². The zero-order valence-corrected chi connectivity index (χ0v) is 16.0. The number of epoxide rings is 1. The largest absolute Gasteiger partial charge is 0.462 e. The molecule has 2 aliphatic carbocycles. The summed E-state index contributed by atoms with van der Waals surface area (Å²) in [4.78, 5) is 15.2. The third-order valence-corrected chi connectivity index (χ3v) is 8.53. The first kappa shape index (κ1) is 16.6. The number of hydrogen-bond acceptors (Lipinski definition) is 4. The Labute approximate surface area is 151 Å². The van der Waals surface area contributed by atoms with Crippen molar-refractivity contribution >= 4 is 5.97 Å². The quantitative estimate of drug-likeness (QED) is 0.568. The van der Waals surface area contributed by atoms with Gasteiger partial charge in [0.2, 0.25) is 0 Å². The Morgan fingerprint density at radius 1 is 1.20 bits per heavy atom. The molecule has 25 heavy (non-hydrogen) atoms. The molecular weight excluding hydrogens is 314 g/mol. The zero-order valence-electron chi connectivity index (χ0n) is 16.0. The van der Waals surface area contributed by atoms with Gasteiger partial charge in [-0.1, -0.05) is 27.2 Å². The Morgan fingerprint density at radius 3 is 2.72 bits per heavy atom. The second-order valence-electron chi connectivity index (χ2n) is 10.0. The second-order valence-corrected chi connectivity index (χ2v) is 10.0. The van der Waals surface area contributed by atoms with E-state index in [4.69, 9.17) is 9.47 Å². The van der Waals surface area contributed by atoms with Crippen LogP contribution in [0.1, 0.15) is 59.3 Å². The van der Waals surface area contributed by atoms with E-state index in [1.165, 1.54) is 32.1 Å². The van der Waals surface area contributed by atoms with Gasteiger partial charge in [0.05, 0.1) is 12.0 Å². The van der Waals surface area contributed by atoms with Crippen LogP contribution in [-0.2, 0) is 14.3 Å². The van der Waals surface area contributed by atoms with Crippen molar-refractivity contribution in [3.8, 4) is 0 Å². The number of carbonyl (C=O) groups excluding carboxylic acids is 1. The molecule has 5 rings (SSSR count). The fourth-order valence-electron chi connectivity index (χ4n) is 6.97. The summed E-state index contributed by atoms with van der Waals surface area (Å²) in [5.41, 5.74) is 0.237. The van der Waals surface area contributed by atoms with Crippen LogP contribution in [0.4, 0.5) is 0 Å². The maximum absolute atomic E-state index is 12.7. The van der Waals surface area contributed by atoms with Crippen LogP contribution < -0.4 is 0 Å². The Balaban J connectivity index is 1.37. The van der Waals surface area contributed by atoms with Crippen molar-refractivity contribution in [3.63, 3.8) is 0 Å². The molecule has 0 aromatic rings. The predicted molar refractivity (Wildman–Crippen MR) is 95.0 cm³/mol. The maximum Gasteiger partial charge on any atom is 0.311 e. The zero-order chi connectivity index (χ0) is 17.4. The van der Waals surface area contributed by atoms with Crippen molar-refractivity contribution in [2.24, 2.45) is 29.1 Å².